The van der Waals surface area contributed by atoms with Crippen molar-refractivity contribution in [3.63, 3.8) is 0 Å². The third kappa shape index (κ3) is 6.64. The second-order valence-corrected chi connectivity index (χ2v) is 11.2. The fraction of sp³-hybridized carbons (Fsp3) is 0.333. The Morgan fingerprint density at radius 3 is 2.57 bits per heavy atom. The Hall–Kier alpha value is -4.59. The Morgan fingerprint density at radius 1 is 1.11 bits per heavy atom. The van der Waals surface area contributed by atoms with E-state index >= 15 is 0 Å². The van der Waals surface area contributed by atoms with Crippen molar-refractivity contribution in [3.05, 3.63) is 64.4 Å². The van der Waals surface area contributed by atoms with Crippen molar-refractivity contribution in [3.8, 4) is 11.1 Å². The number of pyridine rings is 1. The molecule has 4 heterocycles. The fourth-order valence-corrected chi connectivity index (χ4v) is 5.34. The van der Waals surface area contributed by atoms with Crippen LogP contribution in [0.25, 0.3) is 22.0 Å². The van der Waals surface area contributed by atoms with Crippen LogP contribution in [0, 0.1) is 6.92 Å². The van der Waals surface area contributed by atoms with Crippen LogP contribution in [0.15, 0.2) is 47.3 Å². The number of alkyl halides is 1. The Bertz CT molecular complexity index is 1760. The number of fused-ring (bicyclic) bond motifs is 1. The highest BCUT2D eigenvalue weighted by molar-refractivity contribution is 9.10. The van der Waals surface area contributed by atoms with Crippen LogP contribution in [0.3, 0.4) is 0 Å². The number of Topliss-reactive ketones (excluding diaryl/α,β-unsaturated/α-hetero) is 1. The van der Waals surface area contributed by atoms with E-state index in [0.29, 0.717) is 43.8 Å². The zero-order valence-electron chi connectivity index (χ0n) is 24.2. The molecule has 0 unspecified atom stereocenters. The molecule has 1 N–H and O–H groups in total. The van der Waals surface area contributed by atoms with Gasteiger partial charge in [-0.05, 0) is 59.1 Å². The number of nitrogens with one attached hydrogen (secondary N) is 1. The molecule has 1 aliphatic rings. The molecule has 1 saturated heterocycles. The van der Waals surface area contributed by atoms with Gasteiger partial charge in [-0.3, -0.25) is 23.9 Å². The number of esters is 1. The molecular weight excluding hydrogens is 637 g/mol. The second kappa shape index (κ2) is 13.0. The first-order valence-electron chi connectivity index (χ1n) is 13.9. The minimum Gasteiger partial charge on any atom is -0.466 e. The first-order chi connectivity index (χ1) is 21.0. The predicted octanol–water partition coefficient (Wildman–Crippen LogP) is 3.85. The van der Waals surface area contributed by atoms with E-state index in [4.69, 9.17) is 4.74 Å². The predicted molar refractivity (Wildman–Crippen MR) is 161 cm³/mol. The third-order valence-electron chi connectivity index (χ3n) is 7.19. The molecule has 0 aliphatic carbocycles. The average molecular weight is 667 g/mol. The van der Waals surface area contributed by atoms with Gasteiger partial charge in [-0.25, -0.2) is 19.3 Å². The summed E-state index contributed by atoms with van der Waals surface area (Å²) in [7, 11) is 0. The Balaban J connectivity index is 1.37. The van der Waals surface area contributed by atoms with Gasteiger partial charge in [-0.2, -0.15) is 5.10 Å². The number of carbonyl (C=O) groups excluding carboxylic acids is 4. The number of halogens is 2. The van der Waals surface area contributed by atoms with Gasteiger partial charge < -0.3 is 15.0 Å². The number of hydrogen-bond acceptors (Lipinski definition) is 9. The standard InChI is InChI=1S/C30H29BrFN7O5/c1-4-44-27(42)11-25-33-12-19(13-34-25)18-6-7-22-21(9-18)28(17(3)40)37-39(22)15-26(41)38-14-20(32)10-23(38)30(43)36-29-16(2)5-8-24(31)35-29/h5-9,12-13,20,23H,4,10-11,14-15H2,1-3H3,(H,35,36,43)/t20-,23+/m1/s1. The van der Waals surface area contributed by atoms with Crippen LogP contribution < -0.4 is 5.32 Å². The molecule has 0 saturated carbocycles. The smallest absolute Gasteiger partial charge is 0.313 e. The molecule has 1 aliphatic heterocycles. The van der Waals surface area contributed by atoms with E-state index in [-0.39, 0.29) is 44.0 Å². The van der Waals surface area contributed by atoms with Crippen LogP contribution in [-0.4, -0.2) is 78.6 Å². The van der Waals surface area contributed by atoms with Gasteiger partial charge in [-0.1, -0.05) is 12.1 Å². The lowest BCUT2D eigenvalue weighted by Gasteiger charge is -2.24. The van der Waals surface area contributed by atoms with Crippen LogP contribution in [0.5, 0.6) is 0 Å². The number of rotatable bonds is 9. The van der Waals surface area contributed by atoms with E-state index in [1.807, 2.05) is 0 Å². The Labute approximate surface area is 260 Å². The third-order valence-corrected chi connectivity index (χ3v) is 7.63. The summed E-state index contributed by atoms with van der Waals surface area (Å²) < 4.78 is 21.4. The van der Waals surface area contributed by atoms with Crippen molar-refractivity contribution >= 4 is 56.2 Å². The van der Waals surface area contributed by atoms with Crippen LogP contribution in [0.1, 0.15) is 42.1 Å². The van der Waals surface area contributed by atoms with Gasteiger partial charge in [0.15, 0.2) is 5.78 Å². The van der Waals surface area contributed by atoms with Crippen LogP contribution in [0.2, 0.25) is 0 Å². The zero-order chi connectivity index (χ0) is 31.5. The van der Waals surface area contributed by atoms with E-state index in [9.17, 15) is 23.6 Å². The van der Waals surface area contributed by atoms with Crippen LogP contribution in [-0.2, 0) is 32.1 Å². The highest BCUT2D eigenvalue weighted by Gasteiger charge is 2.40. The van der Waals surface area contributed by atoms with E-state index in [0.717, 1.165) is 0 Å². The van der Waals surface area contributed by atoms with Gasteiger partial charge in [0.2, 0.25) is 11.8 Å². The monoisotopic (exact) mass is 665 g/mol. The number of nitrogens with zero attached hydrogens (tertiary/aromatic N) is 6. The molecule has 0 spiro atoms. The van der Waals surface area contributed by atoms with Crippen molar-refractivity contribution in [2.45, 2.75) is 52.4 Å². The maximum Gasteiger partial charge on any atom is 0.313 e. The summed E-state index contributed by atoms with van der Waals surface area (Å²) in [6.45, 7) is 4.59. The molecule has 0 bridgehead atoms. The van der Waals surface area contributed by atoms with Gasteiger partial charge >= 0.3 is 5.97 Å². The number of anilines is 1. The number of benzene rings is 1. The molecule has 4 aromatic rings. The molecular formula is C30H29BrFN7O5. The number of aryl methyl sites for hydroxylation is 1. The van der Waals surface area contributed by atoms with Gasteiger partial charge in [0, 0.05) is 36.7 Å². The van der Waals surface area contributed by atoms with Gasteiger partial charge in [0.05, 0.1) is 18.7 Å². The molecule has 2 amide bonds. The minimum atomic E-state index is -1.37. The summed E-state index contributed by atoms with van der Waals surface area (Å²) in [5.41, 5.74) is 2.73. The SMILES string of the molecule is CCOC(=O)Cc1ncc(-c2ccc3c(c2)c(C(C)=O)nn3CC(=O)N2C[C@H](F)C[C@H]2C(=O)Nc2nc(Br)ccc2C)cn1. The molecule has 44 heavy (non-hydrogen) atoms. The molecule has 3 aromatic heterocycles. The topological polar surface area (TPSA) is 149 Å². The largest absolute Gasteiger partial charge is 0.466 e. The summed E-state index contributed by atoms with van der Waals surface area (Å²) in [5.74, 6) is -1.15. The summed E-state index contributed by atoms with van der Waals surface area (Å²) in [6, 6.07) is 7.72. The summed E-state index contributed by atoms with van der Waals surface area (Å²) in [4.78, 5) is 64.8. The normalized spacial score (nSPS) is 16.2. The van der Waals surface area contributed by atoms with Gasteiger partial charge in [-0.15, -0.1) is 0 Å². The van der Waals surface area contributed by atoms with Gasteiger partial charge in [0.25, 0.3) is 0 Å². The number of ketones is 1. The summed E-state index contributed by atoms with van der Waals surface area (Å²) in [5, 5.41) is 7.62. The van der Waals surface area contributed by atoms with Gasteiger partial charge in [0.1, 0.15) is 47.1 Å². The number of aromatic nitrogens is 5. The van der Waals surface area contributed by atoms with Crippen molar-refractivity contribution in [1.82, 2.24) is 29.6 Å². The Morgan fingerprint density at radius 2 is 1.86 bits per heavy atom. The molecule has 1 fully saturated rings. The maximum atomic E-state index is 14.6. The molecule has 2 atom stereocenters. The molecule has 5 rings (SSSR count). The molecule has 14 heteroatoms. The minimum absolute atomic E-state index is 0.0499. The number of amides is 2. The highest BCUT2D eigenvalue weighted by Crippen LogP contribution is 2.28. The van der Waals surface area contributed by atoms with E-state index in [1.54, 1.807) is 56.6 Å². The Kier molecular flexibility index (Phi) is 9.09. The molecule has 228 valence electrons. The van der Waals surface area contributed by atoms with E-state index < -0.39 is 30.0 Å². The number of likely N-dealkylation sites (tertiary alicyclic amines) is 1. The zero-order valence-corrected chi connectivity index (χ0v) is 25.8. The first-order valence-corrected chi connectivity index (χ1v) is 14.7. The number of carbonyl (C=O) groups is 4. The fourth-order valence-electron chi connectivity index (χ4n) is 5.03. The second-order valence-electron chi connectivity index (χ2n) is 10.3. The maximum absolute atomic E-state index is 14.6. The quantitative estimate of drug-likeness (QED) is 0.160. The van der Waals surface area contributed by atoms with Crippen molar-refractivity contribution in [1.29, 1.82) is 0 Å². The summed E-state index contributed by atoms with van der Waals surface area (Å²) in [6.07, 6.45) is 1.57. The highest BCUT2D eigenvalue weighted by atomic mass is 79.9. The van der Waals surface area contributed by atoms with E-state index in [2.05, 4.69) is 41.3 Å². The lowest BCUT2D eigenvalue weighted by atomic mass is 10.0. The first kappa shape index (κ1) is 30.9. The average Bonchev–Trinajstić information content (AvgIpc) is 3.56. The van der Waals surface area contributed by atoms with Crippen molar-refractivity contribution in [2.24, 2.45) is 0 Å². The van der Waals surface area contributed by atoms with Crippen LogP contribution >= 0.6 is 15.9 Å². The number of hydrogen-bond donors (Lipinski definition) is 1. The van der Waals surface area contributed by atoms with Crippen molar-refractivity contribution < 1.29 is 28.3 Å². The van der Waals surface area contributed by atoms with E-state index in [1.165, 1.54) is 16.5 Å². The van der Waals surface area contributed by atoms with Crippen molar-refractivity contribution in [2.75, 3.05) is 18.5 Å². The lowest BCUT2D eigenvalue weighted by molar-refractivity contribution is -0.142. The molecule has 1 aromatic carbocycles. The lowest BCUT2D eigenvalue weighted by Crippen LogP contribution is -2.44. The molecule has 12 nitrogen and oxygen atoms in total. The molecule has 0 radical (unpaired) electrons. The van der Waals surface area contributed by atoms with Crippen LogP contribution in [0.4, 0.5) is 10.2 Å². The number of ether oxygens (including phenoxy) is 1. The summed E-state index contributed by atoms with van der Waals surface area (Å²) >= 11 is 3.27.